The predicted molar refractivity (Wildman–Crippen MR) is 120 cm³/mol. The second-order valence-electron chi connectivity index (χ2n) is 7.63. The van der Waals surface area contributed by atoms with Crippen molar-refractivity contribution in [3.8, 4) is 17.2 Å². The van der Waals surface area contributed by atoms with Crippen LogP contribution in [0.2, 0.25) is 0 Å². The largest absolute Gasteiger partial charge is 0.507 e. The Kier molecular flexibility index (Phi) is 7.05. The van der Waals surface area contributed by atoms with E-state index in [0.29, 0.717) is 41.5 Å². The summed E-state index contributed by atoms with van der Waals surface area (Å²) in [6.45, 7) is 0.834. The number of hydrogen-bond donors (Lipinski definition) is 1. The van der Waals surface area contributed by atoms with Gasteiger partial charge in [0.05, 0.1) is 32.9 Å². The maximum atomic E-state index is 13.1. The Morgan fingerprint density at radius 3 is 2.16 bits per heavy atom. The fourth-order valence-electron chi connectivity index (χ4n) is 3.70. The topological polar surface area (TPSA) is 88.5 Å². The second-order valence-corrected chi connectivity index (χ2v) is 7.63. The van der Waals surface area contributed by atoms with Crippen LogP contribution in [-0.4, -0.2) is 75.1 Å². The summed E-state index contributed by atoms with van der Waals surface area (Å²) in [5.41, 5.74) is 0.966. The molecule has 3 rings (SSSR count). The monoisotopic (exact) mass is 440 g/mol. The van der Waals surface area contributed by atoms with Crippen molar-refractivity contribution >= 4 is 17.4 Å². The zero-order valence-corrected chi connectivity index (χ0v) is 18.9. The molecule has 1 heterocycles. The van der Waals surface area contributed by atoms with E-state index in [4.69, 9.17) is 14.2 Å². The third-order valence-electron chi connectivity index (χ3n) is 5.42. The number of likely N-dealkylation sites (tertiary alicyclic amines) is 1. The van der Waals surface area contributed by atoms with Crippen LogP contribution in [0, 0.1) is 0 Å². The number of ketones is 1. The molecule has 0 unspecified atom stereocenters. The van der Waals surface area contributed by atoms with Gasteiger partial charge in [0.2, 0.25) is 0 Å². The van der Waals surface area contributed by atoms with Crippen molar-refractivity contribution in [2.45, 2.75) is 6.04 Å². The van der Waals surface area contributed by atoms with Gasteiger partial charge in [-0.15, -0.1) is 0 Å². The highest BCUT2D eigenvalue weighted by Gasteiger charge is 2.47. The zero-order valence-electron chi connectivity index (χ0n) is 18.9. The van der Waals surface area contributed by atoms with Crippen LogP contribution in [0.3, 0.4) is 0 Å². The zero-order chi connectivity index (χ0) is 23.4. The summed E-state index contributed by atoms with van der Waals surface area (Å²) in [4.78, 5) is 29.5. The van der Waals surface area contributed by atoms with E-state index in [0.717, 1.165) is 0 Å². The minimum absolute atomic E-state index is 0.00507. The number of benzene rings is 2. The lowest BCUT2D eigenvalue weighted by atomic mass is 9.94. The molecule has 1 N–H and O–H groups in total. The molecule has 1 saturated heterocycles. The van der Waals surface area contributed by atoms with E-state index in [1.165, 1.54) is 19.1 Å². The summed E-state index contributed by atoms with van der Waals surface area (Å²) in [6, 6.07) is 11.0. The van der Waals surface area contributed by atoms with Gasteiger partial charge in [-0.3, -0.25) is 9.59 Å². The maximum Gasteiger partial charge on any atom is 0.295 e. The number of Topliss-reactive ketones (excluding diaryl/α,β-unsaturated/α-hetero) is 1. The number of aliphatic hydroxyl groups excluding tert-OH is 1. The number of carbonyl (C=O) groups is 2. The first-order chi connectivity index (χ1) is 15.3. The summed E-state index contributed by atoms with van der Waals surface area (Å²) in [5.74, 6) is -0.0346. The molecular formula is C24H28N2O6. The summed E-state index contributed by atoms with van der Waals surface area (Å²) in [5, 5.41) is 11.1. The molecule has 1 atom stereocenters. The fourth-order valence-corrected chi connectivity index (χ4v) is 3.70. The van der Waals surface area contributed by atoms with Crippen molar-refractivity contribution in [2.75, 3.05) is 48.5 Å². The minimum Gasteiger partial charge on any atom is -0.507 e. The highest BCUT2D eigenvalue weighted by Crippen LogP contribution is 2.43. The molecule has 8 heteroatoms. The van der Waals surface area contributed by atoms with Crippen LogP contribution in [0.4, 0.5) is 0 Å². The van der Waals surface area contributed by atoms with E-state index in [2.05, 4.69) is 0 Å². The highest BCUT2D eigenvalue weighted by molar-refractivity contribution is 6.46. The number of nitrogens with zero attached hydrogens (tertiary/aromatic N) is 2. The molecule has 0 spiro atoms. The van der Waals surface area contributed by atoms with Crippen LogP contribution in [-0.2, 0) is 9.59 Å². The van der Waals surface area contributed by atoms with Gasteiger partial charge in [0.25, 0.3) is 11.7 Å². The van der Waals surface area contributed by atoms with Crippen LogP contribution < -0.4 is 14.2 Å². The van der Waals surface area contributed by atoms with Crippen molar-refractivity contribution in [1.82, 2.24) is 9.80 Å². The number of amides is 1. The van der Waals surface area contributed by atoms with E-state index in [-0.39, 0.29) is 11.3 Å². The minimum atomic E-state index is -0.831. The van der Waals surface area contributed by atoms with Gasteiger partial charge in [-0.05, 0) is 56.6 Å². The first-order valence-electron chi connectivity index (χ1n) is 10.1. The summed E-state index contributed by atoms with van der Waals surface area (Å²) >= 11 is 0. The van der Waals surface area contributed by atoms with Crippen LogP contribution in [0.25, 0.3) is 5.76 Å². The number of rotatable bonds is 8. The van der Waals surface area contributed by atoms with Crippen LogP contribution in [0.15, 0.2) is 48.0 Å². The Labute approximate surface area is 187 Å². The molecule has 0 bridgehead atoms. The van der Waals surface area contributed by atoms with Gasteiger partial charge in [0.15, 0.2) is 0 Å². The van der Waals surface area contributed by atoms with Crippen LogP contribution in [0.1, 0.15) is 17.2 Å². The SMILES string of the molecule is COc1ccc(/C(O)=C2\C(=O)C(=O)N(CCN(C)C)[C@@H]2c2cc(OC)ccc2OC)cc1. The highest BCUT2D eigenvalue weighted by atomic mass is 16.5. The molecule has 2 aromatic rings. The number of hydrogen-bond acceptors (Lipinski definition) is 7. The molecule has 1 fully saturated rings. The number of likely N-dealkylation sites (N-methyl/N-ethyl adjacent to an activating group) is 1. The van der Waals surface area contributed by atoms with Crippen LogP contribution >= 0.6 is 0 Å². The lowest BCUT2D eigenvalue weighted by Crippen LogP contribution is -2.35. The molecule has 0 aromatic heterocycles. The van der Waals surface area contributed by atoms with Crippen LogP contribution in [0.5, 0.6) is 17.2 Å². The molecule has 1 aliphatic heterocycles. The number of ether oxygens (including phenoxy) is 3. The summed E-state index contributed by atoms with van der Waals surface area (Å²) in [7, 11) is 8.36. The molecule has 1 aliphatic rings. The second kappa shape index (κ2) is 9.74. The predicted octanol–water partition coefficient (Wildman–Crippen LogP) is 2.70. The number of methoxy groups -OCH3 is 3. The summed E-state index contributed by atoms with van der Waals surface area (Å²) in [6.07, 6.45) is 0. The third kappa shape index (κ3) is 4.40. The Bertz CT molecular complexity index is 1030. The lowest BCUT2D eigenvalue weighted by Gasteiger charge is -2.28. The van der Waals surface area contributed by atoms with Crippen molar-refractivity contribution in [3.63, 3.8) is 0 Å². The summed E-state index contributed by atoms with van der Waals surface area (Å²) < 4.78 is 16.1. The molecular weight excluding hydrogens is 412 g/mol. The van der Waals surface area contributed by atoms with E-state index >= 15 is 0 Å². The lowest BCUT2D eigenvalue weighted by molar-refractivity contribution is -0.140. The van der Waals surface area contributed by atoms with Gasteiger partial charge in [0.1, 0.15) is 23.0 Å². The van der Waals surface area contributed by atoms with Gasteiger partial charge < -0.3 is 29.1 Å². The quantitative estimate of drug-likeness (QED) is 0.384. The standard InChI is InChI=1S/C24H28N2O6/c1-25(2)12-13-26-21(18-14-17(31-4)10-11-19(18)32-5)20(23(28)24(26)29)22(27)15-6-8-16(30-3)9-7-15/h6-11,14,21,27H,12-13H2,1-5H3/b22-20+/t21-/m1/s1. The van der Waals surface area contributed by atoms with Crippen molar-refractivity contribution < 1.29 is 28.9 Å². The number of carbonyl (C=O) groups excluding carboxylic acids is 2. The Morgan fingerprint density at radius 1 is 0.969 bits per heavy atom. The average molecular weight is 440 g/mol. The maximum absolute atomic E-state index is 13.1. The van der Waals surface area contributed by atoms with Crippen molar-refractivity contribution in [2.24, 2.45) is 0 Å². The van der Waals surface area contributed by atoms with Gasteiger partial charge in [-0.1, -0.05) is 0 Å². The van der Waals surface area contributed by atoms with E-state index in [1.807, 2.05) is 19.0 Å². The molecule has 32 heavy (non-hydrogen) atoms. The third-order valence-corrected chi connectivity index (χ3v) is 5.42. The smallest absolute Gasteiger partial charge is 0.295 e. The molecule has 0 saturated carbocycles. The van der Waals surface area contributed by atoms with E-state index in [9.17, 15) is 14.7 Å². The normalized spacial score (nSPS) is 17.7. The van der Waals surface area contributed by atoms with Crippen molar-refractivity contribution in [3.05, 3.63) is 59.2 Å². The Balaban J connectivity index is 2.21. The first-order valence-corrected chi connectivity index (χ1v) is 10.1. The van der Waals surface area contributed by atoms with E-state index in [1.54, 1.807) is 49.6 Å². The molecule has 0 radical (unpaired) electrons. The van der Waals surface area contributed by atoms with Gasteiger partial charge in [-0.25, -0.2) is 0 Å². The Hall–Kier alpha value is -3.52. The van der Waals surface area contributed by atoms with Gasteiger partial charge in [0, 0.05) is 24.2 Å². The molecule has 170 valence electrons. The number of aliphatic hydroxyl groups is 1. The molecule has 1 amide bonds. The average Bonchev–Trinajstić information content (AvgIpc) is 3.06. The molecule has 0 aliphatic carbocycles. The molecule has 8 nitrogen and oxygen atoms in total. The van der Waals surface area contributed by atoms with E-state index < -0.39 is 17.7 Å². The first kappa shape index (κ1) is 23.1. The van der Waals surface area contributed by atoms with Crippen molar-refractivity contribution in [1.29, 1.82) is 0 Å². The Morgan fingerprint density at radius 2 is 1.59 bits per heavy atom. The fraction of sp³-hybridized carbons (Fsp3) is 0.333. The van der Waals surface area contributed by atoms with Gasteiger partial charge in [-0.2, -0.15) is 0 Å². The van der Waals surface area contributed by atoms with Gasteiger partial charge >= 0.3 is 0 Å². The molecule has 2 aromatic carbocycles.